The van der Waals surface area contributed by atoms with Gasteiger partial charge in [-0.2, -0.15) is 0 Å². The van der Waals surface area contributed by atoms with Gasteiger partial charge in [-0.15, -0.1) is 4.72 Å². The Hall–Kier alpha value is -0.710. The van der Waals surface area contributed by atoms with E-state index in [1.54, 1.807) is 0 Å². The van der Waals surface area contributed by atoms with Gasteiger partial charge in [-0.3, -0.25) is 0 Å². The summed E-state index contributed by atoms with van der Waals surface area (Å²) in [4.78, 5) is 0. The first kappa shape index (κ1) is 18.6. The van der Waals surface area contributed by atoms with Crippen LogP contribution in [0.2, 0.25) is 10.0 Å². The summed E-state index contributed by atoms with van der Waals surface area (Å²) in [6.45, 7) is 7.85. The van der Waals surface area contributed by atoms with Crippen LogP contribution < -0.4 is 4.72 Å². The summed E-state index contributed by atoms with van der Waals surface area (Å²) in [5.74, 6) is 0. The number of benzene rings is 2. The molecule has 1 N–H and O–H groups in total. The van der Waals surface area contributed by atoms with Crippen molar-refractivity contribution >= 4 is 34.6 Å². The second kappa shape index (κ2) is 7.04. The summed E-state index contributed by atoms with van der Waals surface area (Å²) < 4.78 is 15.6. The van der Waals surface area contributed by atoms with Crippen molar-refractivity contribution in [1.29, 1.82) is 0 Å². The van der Waals surface area contributed by atoms with Crippen LogP contribution in [0.25, 0.3) is 0 Å². The maximum absolute atomic E-state index is 12.7. The summed E-state index contributed by atoms with van der Waals surface area (Å²) in [7, 11) is 0. The highest BCUT2D eigenvalue weighted by Gasteiger charge is 2.38. The Bertz CT molecular complexity index is 605. The maximum atomic E-state index is 12.7. The van der Waals surface area contributed by atoms with Crippen LogP contribution in [0.15, 0.2) is 48.5 Å². The molecule has 0 saturated heterocycles. The highest BCUT2D eigenvalue weighted by atomic mass is 35.5. The number of rotatable bonds is 4. The molecule has 124 valence electrons. The van der Waals surface area contributed by atoms with Crippen LogP contribution in [-0.2, 0) is 16.9 Å². The molecule has 1 unspecified atom stereocenters. The molecule has 2 rings (SSSR count). The molecule has 0 heterocycles. The molecule has 0 aliphatic heterocycles. The van der Waals surface area contributed by atoms with E-state index in [2.05, 4.69) is 4.72 Å². The van der Waals surface area contributed by atoms with E-state index in [1.165, 1.54) is 0 Å². The number of nitrogens with one attached hydrogen (secondary N) is 1. The smallest absolute Gasteiger partial charge is 0.136 e. The van der Waals surface area contributed by atoms with Gasteiger partial charge in [0.2, 0.25) is 0 Å². The molecule has 2 aromatic carbocycles. The van der Waals surface area contributed by atoms with E-state index < -0.39 is 16.9 Å². The van der Waals surface area contributed by atoms with Crippen molar-refractivity contribution in [3.63, 3.8) is 0 Å². The molecule has 23 heavy (non-hydrogen) atoms. The highest BCUT2D eigenvalue weighted by Crippen LogP contribution is 2.33. The lowest BCUT2D eigenvalue weighted by atomic mass is 9.86. The van der Waals surface area contributed by atoms with E-state index in [1.807, 2.05) is 76.2 Å². The molecule has 5 heteroatoms. The Balaban J connectivity index is 2.49. The standard InChI is InChI=1S/C18H21Cl2NOS/c1-17(2,3)23(22)21-18(4,13-5-9-15(19)10-6-13)14-7-11-16(20)12-8-14/h5-12,21H,1-4H3. The third-order valence-electron chi connectivity index (χ3n) is 3.70. The van der Waals surface area contributed by atoms with Gasteiger partial charge in [-0.1, -0.05) is 47.5 Å². The van der Waals surface area contributed by atoms with E-state index in [0.29, 0.717) is 10.0 Å². The highest BCUT2D eigenvalue weighted by molar-refractivity contribution is 7.90. The first-order chi connectivity index (χ1) is 10.6. The summed E-state index contributed by atoms with van der Waals surface area (Å²) >= 11 is 10.8. The Morgan fingerprint density at radius 2 is 1.13 bits per heavy atom. The first-order valence-corrected chi connectivity index (χ1v) is 9.25. The maximum Gasteiger partial charge on any atom is 0.136 e. The second-order valence-electron chi connectivity index (χ2n) is 6.62. The zero-order chi connectivity index (χ0) is 17.3. The van der Waals surface area contributed by atoms with Crippen LogP contribution in [0.3, 0.4) is 0 Å². The van der Waals surface area contributed by atoms with Crippen LogP contribution in [-0.4, -0.2) is 9.30 Å². The molecular formula is C18H21Cl2NOS. The van der Waals surface area contributed by atoms with Gasteiger partial charge in [0.1, 0.15) is 10.3 Å². The van der Waals surface area contributed by atoms with Crippen LogP contribution in [0.4, 0.5) is 0 Å². The minimum Gasteiger partial charge on any atom is -0.598 e. The molecule has 2 nitrogen and oxygen atoms in total. The molecule has 0 amide bonds. The van der Waals surface area contributed by atoms with Gasteiger partial charge in [0, 0.05) is 21.4 Å². The van der Waals surface area contributed by atoms with E-state index in [0.717, 1.165) is 11.1 Å². The minimum atomic E-state index is -1.23. The van der Waals surface area contributed by atoms with Crippen molar-refractivity contribution < 1.29 is 4.55 Å². The van der Waals surface area contributed by atoms with Crippen molar-refractivity contribution in [1.82, 2.24) is 4.72 Å². The zero-order valence-corrected chi connectivity index (χ0v) is 16.0. The molecule has 0 aromatic heterocycles. The van der Waals surface area contributed by atoms with Crippen LogP contribution in [0.5, 0.6) is 0 Å². The van der Waals surface area contributed by atoms with Gasteiger partial charge in [-0.25, -0.2) is 0 Å². The number of hydrogen-bond donors (Lipinski definition) is 1. The van der Waals surface area contributed by atoms with E-state index in [9.17, 15) is 4.55 Å². The summed E-state index contributed by atoms with van der Waals surface area (Å²) in [5, 5.41) is 1.34. The Morgan fingerprint density at radius 1 is 0.783 bits per heavy atom. The summed E-state index contributed by atoms with van der Waals surface area (Å²) in [5.41, 5.74) is 1.36. The zero-order valence-electron chi connectivity index (χ0n) is 13.7. The molecular weight excluding hydrogens is 349 g/mol. The molecule has 2 aromatic rings. The fourth-order valence-corrected chi connectivity index (χ4v) is 3.35. The second-order valence-corrected chi connectivity index (χ2v) is 9.46. The fourth-order valence-electron chi connectivity index (χ4n) is 2.19. The Labute approximate surface area is 151 Å². The van der Waals surface area contributed by atoms with Crippen molar-refractivity contribution in [2.75, 3.05) is 0 Å². The molecule has 0 aliphatic carbocycles. The van der Waals surface area contributed by atoms with Gasteiger partial charge < -0.3 is 4.55 Å². The fraction of sp³-hybridized carbons (Fsp3) is 0.333. The topological polar surface area (TPSA) is 35.1 Å². The van der Waals surface area contributed by atoms with Crippen molar-refractivity contribution in [2.24, 2.45) is 0 Å². The van der Waals surface area contributed by atoms with Crippen molar-refractivity contribution in [3.8, 4) is 0 Å². The normalized spacial score (nSPS) is 13.9. The Kier molecular flexibility index (Phi) is 5.70. The SMILES string of the molecule is CC(N[S+]([O-])C(C)(C)C)(c1ccc(Cl)cc1)c1ccc(Cl)cc1. The number of hydrogen-bond acceptors (Lipinski definition) is 2. The lowest BCUT2D eigenvalue weighted by molar-refractivity contribution is 0.481. The molecule has 0 bridgehead atoms. The summed E-state index contributed by atoms with van der Waals surface area (Å²) in [6.07, 6.45) is 0. The van der Waals surface area contributed by atoms with Crippen LogP contribution in [0, 0.1) is 0 Å². The molecule has 0 fully saturated rings. The van der Waals surface area contributed by atoms with E-state index in [4.69, 9.17) is 23.2 Å². The van der Waals surface area contributed by atoms with Gasteiger partial charge in [0.25, 0.3) is 0 Å². The molecule has 0 aliphatic rings. The van der Waals surface area contributed by atoms with Gasteiger partial charge in [-0.05, 0) is 63.1 Å². The third kappa shape index (κ3) is 4.43. The monoisotopic (exact) mass is 369 g/mol. The van der Waals surface area contributed by atoms with E-state index in [-0.39, 0.29) is 4.75 Å². The van der Waals surface area contributed by atoms with Gasteiger partial charge in [0.05, 0.1) is 0 Å². The lowest BCUT2D eigenvalue weighted by Crippen LogP contribution is -2.50. The molecule has 1 atom stereocenters. The third-order valence-corrected chi connectivity index (χ3v) is 5.91. The quantitative estimate of drug-likeness (QED) is 0.741. The van der Waals surface area contributed by atoms with Gasteiger partial charge in [0.15, 0.2) is 0 Å². The minimum absolute atomic E-state index is 0.375. The lowest BCUT2D eigenvalue weighted by Gasteiger charge is -2.35. The predicted octanol–water partition coefficient (Wildman–Crippen LogP) is 5.31. The van der Waals surface area contributed by atoms with Crippen molar-refractivity contribution in [3.05, 3.63) is 69.7 Å². The molecule has 0 radical (unpaired) electrons. The van der Waals surface area contributed by atoms with E-state index >= 15 is 0 Å². The average molecular weight is 370 g/mol. The van der Waals surface area contributed by atoms with Crippen LogP contribution >= 0.6 is 23.2 Å². The Morgan fingerprint density at radius 3 is 1.43 bits per heavy atom. The van der Waals surface area contributed by atoms with Crippen molar-refractivity contribution in [2.45, 2.75) is 38.0 Å². The average Bonchev–Trinajstić information content (AvgIpc) is 2.47. The number of halogens is 2. The van der Waals surface area contributed by atoms with Crippen LogP contribution in [0.1, 0.15) is 38.8 Å². The molecule has 0 saturated carbocycles. The van der Waals surface area contributed by atoms with Gasteiger partial charge >= 0.3 is 0 Å². The predicted molar refractivity (Wildman–Crippen MR) is 100 cm³/mol. The molecule has 0 spiro atoms. The first-order valence-electron chi connectivity index (χ1n) is 7.35. The largest absolute Gasteiger partial charge is 0.598 e. The summed E-state index contributed by atoms with van der Waals surface area (Å²) in [6, 6.07) is 15.2.